The molecule has 0 aromatic rings. The first-order valence-corrected chi connectivity index (χ1v) is 6.44. The topological polar surface area (TPSA) is 65.1 Å². The Bertz CT molecular complexity index is 385. The Morgan fingerprint density at radius 3 is 3.22 bits per heavy atom. The fourth-order valence-corrected chi connectivity index (χ4v) is 3.39. The fraction of sp³-hybridized carbons (Fsp3) is 0.833. The minimum absolute atomic E-state index is 0.0737. The van der Waals surface area contributed by atoms with Gasteiger partial charge in [-0.05, 0) is 19.8 Å². The van der Waals surface area contributed by atoms with Crippen molar-refractivity contribution >= 4 is 11.9 Å². The van der Waals surface area contributed by atoms with Gasteiger partial charge < -0.3 is 9.47 Å². The number of carbonyl (C=O) groups is 2. The van der Waals surface area contributed by atoms with Crippen molar-refractivity contribution in [2.45, 2.75) is 37.8 Å². The van der Waals surface area contributed by atoms with Crippen LogP contribution in [0.1, 0.15) is 26.2 Å². The van der Waals surface area contributed by atoms with Gasteiger partial charge in [0.05, 0.1) is 12.1 Å². The molecule has 3 fully saturated rings. The minimum atomic E-state index is -0.582. The number of esters is 2. The summed E-state index contributed by atoms with van der Waals surface area (Å²) >= 11 is 0. The molecule has 3 rings (SSSR count). The largest absolute Gasteiger partial charge is 0.464 e. The molecule has 0 aromatic heterocycles. The summed E-state index contributed by atoms with van der Waals surface area (Å²) in [5, 5.41) is 1.66. The lowest BCUT2D eigenvalue weighted by Gasteiger charge is -2.38. The van der Waals surface area contributed by atoms with E-state index in [-0.39, 0.29) is 29.9 Å². The molecule has 1 spiro atoms. The average molecular weight is 255 g/mol. The summed E-state index contributed by atoms with van der Waals surface area (Å²) in [6.07, 6.45) is 2.26. The molecule has 6 nitrogen and oxygen atoms in total. The number of cyclic esters (lactones) is 1. The SMILES string of the molecule is CCOC(=O)[C@@H]1ON2CC(=O)OC[C@]23CCC[C@@H]13. The number of morpholine rings is 1. The summed E-state index contributed by atoms with van der Waals surface area (Å²) in [7, 11) is 0. The number of nitrogens with zero attached hydrogens (tertiary/aromatic N) is 1. The quantitative estimate of drug-likeness (QED) is 0.659. The van der Waals surface area contributed by atoms with Gasteiger partial charge in [0.2, 0.25) is 0 Å². The maximum absolute atomic E-state index is 11.9. The summed E-state index contributed by atoms with van der Waals surface area (Å²) in [4.78, 5) is 28.9. The minimum Gasteiger partial charge on any atom is -0.464 e. The zero-order chi connectivity index (χ0) is 12.8. The first-order chi connectivity index (χ1) is 8.67. The Kier molecular flexibility index (Phi) is 2.79. The summed E-state index contributed by atoms with van der Waals surface area (Å²) in [6, 6.07) is 0. The molecule has 6 heteroatoms. The maximum atomic E-state index is 11.9. The van der Waals surface area contributed by atoms with Crippen LogP contribution in [-0.2, 0) is 23.9 Å². The van der Waals surface area contributed by atoms with Gasteiger partial charge in [-0.25, -0.2) is 4.79 Å². The van der Waals surface area contributed by atoms with Crippen molar-refractivity contribution in [2.75, 3.05) is 19.8 Å². The molecule has 100 valence electrons. The lowest BCUT2D eigenvalue weighted by atomic mass is 9.84. The monoisotopic (exact) mass is 255 g/mol. The number of ether oxygens (including phenoxy) is 2. The molecule has 0 radical (unpaired) electrons. The van der Waals surface area contributed by atoms with Crippen molar-refractivity contribution < 1.29 is 23.9 Å². The van der Waals surface area contributed by atoms with E-state index in [1.54, 1.807) is 12.0 Å². The molecular formula is C12H17NO5. The molecule has 2 aliphatic heterocycles. The van der Waals surface area contributed by atoms with Gasteiger partial charge in [0, 0.05) is 5.92 Å². The van der Waals surface area contributed by atoms with Crippen molar-refractivity contribution in [1.29, 1.82) is 0 Å². The highest BCUT2D eigenvalue weighted by atomic mass is 16.7. The Balaban J connectivity index is 1.85. The first kappa shape index (κ1) is 11.9. The van der Waals surface area contributed by atoms with Gasteiger partial charge >= 0.3 is 11.9 Å². The number of hydroxylamine groups is 2. The van der Waals surface area contributed by atoms with Crippen LogP contribution in [0.25, 0.3) is 0 Å². The third kappa shape index (κ3) is 1.55. The van der Waals surface area contributed by atoms with Crippen LogP contribution >= 0.6 is 0 Å². The standard InChI is InChI=1S/C12H17NO5/c1-2-16-11(15)10-8-4-3-5-12(8)7-17-9(14)6-13(12)18-10/h8,10H,2-7H2,1H3/t8-,10+,12-/m0/s1. The van der Waals surface area contributed by atoms with Crippen molar-refractivity contribution in [1.82, 2.24) is 5.06 Å². The van der Waals surface area contributed by atoms with Crippen molar-refractivity contribution in [3.05, 3.63) is 0 Å². The third-order valence-electron chi connectivity index (χ3n) is 4.19. The van der Waals surface area contributed by atoms with Gasteiger partial charge in [0.25, 0.3) is 0 Å². The number of hydrogen-bond acceptors (Lipinski definition) is 6. The highest BCUT2D eigenvalue weighted by Gasteiger charge is 2.62. The maximum Gasteiger partial charge on any atom is 0.337 e. The predicted octanol–water partition coefficient (Wildman–Crippen LogP) is 0.261. The Labute approximate surface area is 105 Å². The summed E-state index contributed by atoms with van der Waals surface area (Å²) in [5.74, 6) is -0.550. The van der Waals surface area contributed by atoms with Crippen LogP contribution in [0.5, 0.6) is 0 Å². The van der Waals surface area contributed by atoms with E-state index in [0.29, 0.717) is 13.2 Å². The third-order valence-corrected chi connectivity index (χ3v) is 4.19. The van der Waals surface area contributed by atoms with Crippen LogP contribution < -0.4 is 0 Å². The second-order valence-corrected chi connectivity index (χ2v) is 5.08. The second kappa shape index (κ2) is 4.20. The molecule has 0 amide bonds. The molecule has 3 atom stereocenters. The molecule has 0 bridgehead atoms. The van der Waals surface area contributed by atoms with Crippen LogP contribution in [0.4, 0.5) is 0 Å². The zero-order valence-electron chi connectivity index (χ0n) is 10.4. The van der Waals surface area contributed by atoms with Crippen LogP contribution in [0.2, 0.25) is 0 Å². The highest BCUT2D eigenvalue weighted by Crippen LogP contribution is 2.50. The predicted molar refractivity (Wildman–Crippen MR) is 59.2 cm³/mol. The van der Waals surface area contributed by atoms with Crippen molar-refractivity contribution in [2.24, 2.45) is 5.92 Å². The summed E-state index contributed by atoms with van der Waals surface area (Å²) in [5.41, 5.74) is -0.300. The van der Waals surface area contributed by atoms with Crippen LogP contribution in [0.3, 0.4) is 0 Å². The van der Waals surface area contributed by atoms with Gasteiger partial charge in [-0.3, -0.25) is 9.63 Å². The fourth-order valence-electron chi connectivity index (χ4n) is 3.39. The van der Waals surface area contributed by atoms with Gasteiger partial charge in [0.1, 0.15) is 13.2 Å². The van der Waals surface area contributed by atoms with E-state index in [2.05, 4.69) is 0 Å². The lowest BCUT2D eigenvalue weighted by Crippen LogP contribution is -2.55. The molecule has 2 heterocycles. The second-order valence-electron chi connectivity index (χ2n) is 5.08. The van der Waals surface area contributed by atoms with Gasteiger partial charge in [-0.2, -0.15) is 5.06 Å². The van der Waals surface area contributed by atoms with Gasteiger partial charge in [-0.1, -0.05) is 6.42 Å². The molecule has 2 saturated heterocycles. The Hall–Kier alpha value is -1.14. The Morgan fingerprint density at radius 1 is 1.61 bits per heavy atom. The Morgan fingerprint density at radius 2 is 2.44 bits per heavy atom. The highest BCUT2D eigenvalue weighted by molar-refractivity contribution is 5.77. The van der Waals surface area contributed by atoms with E-state index in [1.807, 2.05) is 0 Å². The number of carbonyl (C=O) groups excluding carboxylic acids is 2. The number of hydrogen-bond donors (Lipinski definition) is 0. The van der Waals surface area contributed by atoms with E-state index >= 15 is 0 Å². The smallest absolute Gasteiger partial charge is 0.337 e. The molecule has 0 aromatic carbocycles. The molecule has 1 aliphatic carbocycles. The van der Waals surface area contributed by atoms with E-state index in [0.717, 1.165) is 19.3 Å². The molecular weight excluding hydrogens is 238 g/mol. The first-order valence-electron chi connectivity index (χ1n) is 6.44. The van der Waals surface area contributed by atoms with Crippen molar-refractivity contribution in [3.63, 3.8) is 0 Å². The molecule has 1 saturated carbocycles. The average Bonchev–Trinajstić information content (AvgIpc) is 2.86. The van der Waals surface area contributed by atoms with E-state index in [4.69, 9.17) is 14.3 Å². The van der Waals surface area contributed by atoms with Gasteiger partial charge in [-0.15, -0.1) is 0 Å². The lowest BCUT2D eigenvalue weighted by molar-refractivity contribution is -0.230. The van der Waals surface area contributed by atoms with Gasteiger partial charge in [0.15, 0.2) is 6.10 Å². The molecule has 18 heavy (non-hydrogen) atoms. The summed E-state index contributed by atoms with van der Waals surface area (Å²) < 4.78 is 10.2. The zero-order valence-corrected chi connectivity index (χ0v) is 10.4. The molecule has 0 N–H and O–H groups in total. The van der Waals surface area contributed by atoms with E-state index < -0.39 is 6.10 Å². The van der Waals surface area contributed by atoms with Crippen LogP contribution in [0.15, 0.2) is 0 Å². The van der Waals surface area contributed by atoms with E-state index in [9.17, 15) is 9.59 Å². The van der Waals surface area contributed by atoms with Crippen molar-refractivity contribution in [3.8, 4) is 0 Å². The van der Waals surface area contributed by atoms with Crippen LogP contribution in [0, 0.1) is 5.92 Å². The summed E-state index contributed by atoms with van der Waals surface area (Å²) in [6.45, 7) is 2.55. The number of rotatable bonds is 2. The molecule has 0 unspecified atom stereocenters. The normalized spacial score (nSPS) is 39.1. The van der Waals surface area contributed by atoms with Crippen LogP contribution in [-0.4, -0.2) is 48.4 Å². The molecule has 3 aliphatic rings. The van der Waals surface area contributed by atoms with E-state index in [1.165, 1.54) is 0 Å².